The molecule has 0 spiro atoms. The van der Waals surface area contributed by atoms with E-state index in [4.69, 9.17) is 9.47 Å². The molecule has 0 amide bonds. The molecule has 1 saturated heterocycles. The second kappa shape index (κ2) is 9.46. The number of pyridine rings is 2. The molecule has 0 saturated carbocycles. The molecule has 0 bridgehead atoms. The molecule has 4 heterocycles. The van der Waals surface area contributed by atoms with Crippen molar-refractivity contribution in [3.8, 4) is 16.5 Å². The van der Waals surface area contributed by atoms with Crippen molar-refractivity contribution in [1.29, 1.82) is 0 Å². The third kappa shape index (κ3) is 5.50. The van der Waals surface area contributed by atoms with Gasteiger partial charge >= 0.3 is 0 Å². The van der Waals surface area contributed by atoms with Gasteiger partial charge in [-0.25, -0.2) is 4.98 Å². The van der Waals surface area contributed by atoms with Crippen molar-refractivity contribution in [3.05, 3.63) is 60.5 Å². The summed E-state index contributed by atoms with van der Waals surface area (Å²) < 4.78 is 11.2. The van der Waals surface area contributed by atoms with Crippen LogP contribution in [0.2, 0.25) is 0 Å². The Morgan fingerprint density at radius 1 is 1.21 bits per heavy atom. The van der Waals surface area contributed by atoms with Crippen molar-refractivity contribution in [3.63, 3.8) is 0 Å². The van der Waals surface area contributed by atoms with Gasteiger partial charge in [0.25, 0.3) is 0 Å². The highest BCUT2D eigenvalue weighted by atomic mass is 32.1. The molecule has 3 N–H and O–H groups in total. The molecule has 1 aliphatic heterocycles. The number of aromatic nitrogens is 3. The summed E-state index contributed by atoms with van der Waals surface area (Å²) in [5, 5.41) is 12.5. The molecular weight excluding hydrogens is 388 g/mol. The molecule has 0 aromatic carbocycles. The van der Waals surface area contributed by atoms with Crippen molar-refractivity contribution in [2.24, 2.45) is 0 Å². The van der Waals surface area contributed by atoms with Crippen molar-refractivity contribution < 1.29 is 9.47 Å². The first-order chi connectivity index (χ1) is 14.3. The number of ether oxygens (including phenoxy) is 2. The molecule has 1 unspecified atom stereocenters. The van der Waals surface area contributed by atoms with Crippen molar-refractivity contribution in [2.45, 2.75) is 6.04 Å². The predicted molar refractivity (Wildman–Crippen MR) is 114 cm³/mol. The highest BCUT2D eigenvalue weighted by Gasteiger charge is 2.14. The first kappa shape index (κ1) is 19.3. The minimum absolute atomic E-state index is 0.179. The van der Waals surface area contributed by atoms with Crippen LogP contribution in [0.25, 0.3) is 10.6 Å². The van der Waals surface area contributed by atoms with Gasteiger partial charge in [0.2, 0.25) is 5.88 Å². The smallest absolute Gasteiger partial charge is 0.215 e. The molecule has 9 heteroatoms. The van der Waals surface area contributed by atoms with Gasteiger partial charge in [-0.2, -0.15) is 4.98 Å². The molecular formula is C20H22N6O2S. The lowest BCUT2D eigenvalue weighted by Crippen LogP contribution is -2.44. The van der Waals surface area contributed by atoms with Crippen molar-refractivity contribution in [1.82, 2.24) is 20.3 Å². The zero-order valence-electron chi connectivity index (χ0n) is 15.8. The van der Waals surface area contributed by atoms with Gasteiger partial charge in [0.05, 0.1) is 19.3 Å². The van der Waals surface area contributed by atoms with Crippen LogP contribution in [0.3, 0.4) is 0 Å². The fourth-order valence-corrected chi connectivity index (χ4v) is 3.53. The van der Waals surface area contributed by atoms with E-state index in [2.05, 4.69) is 37.5 Å². The zero-order valence-corrected chi connectivity index (χ0v) is 16.6. The maximum absolute atomic E-state index is 5.78. The van der Waals surface area contributed by atoms with E-state index in [1.165, 1.54) is 0 Å². The van der Waals surface area contributed by atoms with Crippen LogP contribution in [0.5, 0.6) is 5.88 Å². The predicted octanol–water partition coefficient (Wildman–Crippen LogP) is 2.96. The molecule has 29 heavy (non-hydrogen) atoms. The fraction of sp³-hybridized carbons (Fsp3) is 0.250. The topological polar surface area (TPSA) is 93.2 Å². The van der Waals surface area contributed by atoms with E-state index < -0.39 is 0 Å². The van der Waals surface area contributed by atoms with Gasteiger partial charge in [0.1, 0.15) is 29.1 Å². The normalized spacial score (nSPS) is 16.2. The molecule has 4 rings (SSSR count). The van der Waals surface area contributed by atoms with Gasteiger partial charge in [0, 0.05) is 35.9 Å². The molecule has 3 aromatic rings. The van der Waals surface area contributed by atoms with E-state index in [1.807, 2.05) is 35.7 Å². The first-order valence-electron chi connectivity index (χ1n) is 9.26. The SMILES string of the molecule is C=C(Nc1cccc(OCC2COCCN2)n1)Nc1csc(-c2ccncc2)n1. The van der Waals surface area contributed by atoms with E-state index in [9.17, 15) is 0 Å². The molecule has 8 nitrogen and oxygen atoms in total. The summed E-state index contributed by atoms with van der Waals surface area (Å²) in [5.41, 5.74) is 1.03. The van der Waals surface area contributed by atoms with Crippen molar-refractivity contribution >= 4 is 23.0 Å². The van der Waals surface area contributed by atoms with Gasteiger partial charge < -0.3 is 25.4 Å². The highest BCUT2D eigenvalue weighted by Crippen LogP contribution is 2.25. The minimum atomic E-state index is 0.179. The average Bonchev–Trinajstić information content (AvgIpc) is 3.22. The lowest BCUT2D eigenvalue weighted by atomic mass is 10.3. The van der Waals surface area contributed by atoms with Crippen LogP contribution in [-0.2, 0) is 4.74 Å². The summed E-state index contributed by atoms with van der Waals surface area (Å²) in [6, 6.07) is 9.60. The summed E-state index contributed by atoms with van der Waals surface area (Å²) in [6.07, 6.45) is 3.50. The zero-order chi connectivity index (χ0) is 19.9. The van der Waals surface area contributed by atoms with Gasteiger partial charge in [-0.05, 0) is 18.2 Å². The number of hydrogen-bond acceptors (Lipinski definition) is 9. The Morgan fingerprint density at radius 3 is 2.90 bits per heavy atom. The molecule has 150 valence electrons. The highest BCUT2D eigenvalue weighted by molar-refractivity contribution is 7.13. The van der Waals surface area contributed by atoms with Crippen LogP contribution in [0.1, 0.15) is 0 Å². The van der Waals surface area contributed by atoms with Crippen LogP contribution in [0.15, 0.2) is 60.5 Å². The monoisotopic (exact) mass is 410 g/mol. The fourth-order valence-electron chi connectivity index (χ4n) is 2.78. The number of rotatable bonds is 8. The third-order valence-electron chi connectivity index (χ3n) is 4.14. The minimum Gasteiger partial charge on any atom is -0.476 e. The van der Waals surface area contributed by atoms with Crippen molar-refractivity contribution in [2.75, 3.05) is 37.0 Å². The molecule has 0 aliphatic carbocycles. The number of anilines is 2. The largest absolute Gasteiger partial charge is 0.476 e. The Labute approximate surface area is 173 Å². The van der Waals surface area contributed by atoms with Crippen LogP contribution in [-0.4, -0.2) is 47.4 Å². The third-order valence-corrected chi connectivity index (χ3v) is 5.04. The summed E-state index contributed by atoms with van der Waals surface area (Å²) in [4.78, 5) is 13.1. The van der Waals surface area contributed by atoms with Crippen LogP contribution >= 0.6 is 11.3 Å². The molecule has 1 aliphatic rings. The van der Waals surface area contributed by atoms with Gasteiger partial charge in [-0.1, -0.05) is 12.6 Å². The van der Waals surface area contributed by atoms with Crippen LogP contribution in [0.4, 0.5) is 11.6 Å². The van der Waals surface area contributed by atoms with Crippen LogP contribution in [0, 0.1) is 0 Å². The maximum atomic E-state index is 5.78. The van der Waals surface area contributed by atoms with Gasteiger partial charge in [-0.15, -0.1) is 11.3 Å². The van der Waals surface area contributed by atoms with E-state index >= 15 is 0 Å². The Balaban J connectivity index is 1.31. The second-order valence-electron chi connectivity index (χ2n) is 6.40. The molecule has 3 aromatic heterocycles. The standard InChI is InChI=1S/C20H22N6O2S/c1-14(24-18-13-29-20(26-18)15-5-7-21-8-6-15)23-17-3-2-4-19(25-17)28-12-16-11-27-10-9-22-16/h2-8,13,16,22,24H,1,9-12H2,(H,23,25). The van der Waals surface area contributed by atoms with Crippen LogP contribution < -0.4 is 20.7 Å². The Hall–Kier alpha value is -3.01. The van der Waals surface area contributed by atoms with E-state index in [0.717, 1.165) is 29.5 Å². The van der Waals surface area contributed by atoms with E-state index in [-0.39, 0.29) is 6.04 Å². The van der Waals surface area contributed by atoms with E-state index in [0.29, 0.717) is 30.7 Å². The Kier molecular flexibility index (Phi) is 6.30. The number of nitrogens with one attached hydrogen (secondary N) is 3. The lowest BCUT2D eigenvalue weighted by molar-refractivity contribution is 0.0585. The summed E-state index contributed by atoms with van der Waals surface area (Å²) >= 11 is 1.55. The van der Waals surface area contributed by atoms with Gasteiger partial charge in [0.15, 0.2) is 0 Å². The number of hydrogen-bond donors (Lipinski definition) is 3. The second-order valence-corrected chi connectivity index (χ2v) is 7.26. The van der Waals surface area contributed by atoms with Gasteiger partial charge in [-0.3, -0.25) is 4.98 Å². The Morgan fingerprint density at radius 2 is 2.07 bits per heavy atom. The number of nitrogens with zero attached hydrogens (tertiary/aromatic N) is 3. The molecule has 0 radical (unpaired) electrons. The average molecular weight is 411 g/mol. The quantitative estimate of drug-likeness (QED) is 0.522. The maximum Gasteiger partial charge on any atom is 0.215 e. The lowest BCUT2D eigenvalue weighted by Gasteiger charge is -2.23. The summed E-state index contributed by atoms with van der Waals surface area (Å²) in [7, 11) is 0. The summed E-state index contributed by atoms with van der Waals surface area (Å²) in [5.74, 6) is 2.47. The summed E-state index contributed by atoms with van der Waals surface area (Å²) in [6.45, 7) is 6.74. The van der Waals surface area contributed by atoms with E-state index in [1.54, 1.807) is 23.7 Å². The molecule has 1 fully saturated rings. The Bertz CT molecular complexity index is 943. The number of morpholine rings is 1. The first-order valence-corrected chi connectivity index (χ1v) is 10.1. The number of thiazole rings is 1. The molecule has 1 atom stereocenters.